The largest absolute Gasteiger partial charge is 0.496 e. The number of amides is 2. The van der Waals surface area contributed by atoms with Gasteiger partial charge in [-0.25, -0.2) is 0 Å². The lowest BCUT2D eigenvalue weighted by Gasteiger charge is -2.15. The van der Waals surface area contributed by atoms with E-state index in [1.165, 1.54) is 12.0 Å². The summed E-state index contributed by atoms with van der Waals surface area (Å²) in [6.07, 6.45) is 0. The third-order valence-electron chi connectivity index (χ3n) is 5.37. The van der Waals surface area contributed by atoms with Crippen LogP contribution in [0.4, 0.5) is 5.69 Å². The van der Waals surface area contributed by atoms with Gasteiger partial charge < -0.3 is 19.5 Å². The van der Waals surface area contributed by atoms with E-state index in [2.05, 4.69) is 5.32 Å². The molecular formula is C25H20N2O5. The number of fused-ring (bicyclic) bond motifs is 1. The average molecular weight is 428 g/mol. The summed E-state index contributed by atoms with van der Waals surface area (Å²) in [5, 5.41) is 3.14. The summed E-state index contributed by atoms with van der Waals surface area (Å²) in [5.74, 6) is 0.931. The molecule has 5 rings (SSSR count). The van der Waals surface area contributed by atoms with Crippen LogP contribution in [0.2, 0.25) is 0 Å². The van der Waals surface area contributed by atoms with Crippen molar-refractivity contribution in [3.8, 4) is 17.2 Å². The molecule has 1 N–H and O–H groups in total. The molecule has 0 fully saturated rings. The van der Waals surface area contributed by atoms with E-state index in [0.29, 0.717) is 28.5 Å². The number of para-hydroxylation sites is 1. The Balaban J connectivity index is 1.57. The van der Waals surface area contributed by atoms with Crippen molar-refractivity contribution < 1.29 is 23.8 Å². The van der Waals surface area contributed by atoms with Gasteiger partial charge in [-0.15, -0.1) is 0 Å². The zero-order chi connectivity index (χ0) is 22.1. The van der Waals surface area contributed by atoms with Gasteiger partial charge in [-0.1, -0.05) is 48.5 Å². The number of nitrogens with one attached hydrogen (secondary N) is 1. The summed E-state index contributed by atoms with van der Waals surface area (Å²) >= 11 is 0. The highest BCUT2D eigenvalue weighted by Crippen LogP contribution is 2.38. The average Bonchev–Trinajstić information content (AvgIpc) is 3.38. The van der Waals surface area contributed by atoms with Gasteiger partial charge in [-0.2, -0.15) is 0 Å². The van der Waals surface area contributed by atoms with Crippen molar-refractivity contribution in [3.05, 3.63) is 89.6 Å². The van der Waals surface area contributed by atoms with E-state index in [9.17, 15) is 9.59 Å². The molecule has 0 spiro atoms. The van der Waals surface area contributed by atoms with Crippen LogP contribution in [-0.2, 0) is 16.1 Å². The number of ether oxygens (including phenoxy) is 3. The lowest BCUT2D eigenvalue weighted by molar-refractivity contribution is -0.137. The smallest absolute Gasteiger partial charge is 0.278 e. The van der Waals surface area contributed by atoms with Crippen molar-refractivity contribution in [3.63, 3.8) is 0 Å². The van der Waals surface area contributed by atoms with Gasteiger partial charge in [0.25, 0.3) is 11.8 Å². The molecule has 0 unspecified atom stereocenters. The van der Waals surface area contributed by atoms with E-state index in [1.807, 2.05) is 36.4 Å². The van der Waals surface area contributed by atoms with Gasteiger partial charge in [0.05, 0.1) is 19.2 Å². The van der Waals surface area contributed by atoms with Crippen LogP contribution in [-0.4, -0.2) is 30.6 Å². The number of carbonyl (C=O) groups excluding carboxylic acids is 2. The monoisotopic (exact) mass is 428 g/mol. The van der Waals surface area contributed by atoms with Gasteiger partial charge >= 0.3 is 0 Å². The summed E-state index contributed by atoms with van der Waals surface area (Å²) in [7, 11) is 1.54. The first kappa shape index (κ1) is 19.7. The van der Waals surface area contributed by atoms with Crippen LogP contribution in [0.25, 0.3) is 5.57 Å². The Hall–Kier alpha value is -4.26. The van der Waals surface area contributed by atoms with Gasteiger partial charge in [0, 0.05) is 17.3 Å². The van der Waals surface area contributed by atoms with Gasteiger partial charge in [0.2, 0.25) is 6.79 Å². The van der Waals surface area contributed by atoms with Crippen molar-refractivity contribution in [1.29, 1.82) is 0 Å². The summed E-state index contributed by atoms with van der Waals surface area (Å²) in [4.78, 5) is 28.2. The van der Waals surface area contributed by atoms with E-state index in [1.54, 1.807) is 36.4 Å². The maximum Gasteiger partial charge on any atom is 0.278 e. The number of imide groups is 1. The topological polar surface area (TPSA) is 77.1 Å². The number of rotatable bonds is 6. The number of carbonyl (C=O) groups is 2. The Morgan fingerprint density at radius 1 is 0.906 bits per heavy atom. The van der Waals surface area contributed by atoms with Crippen molar-refractivity contribution in [1.82, 2.24) is 4.90 Å². The molecule has 0 aromatic heterocycles. The Morgan fingerprint density at radius 2 is 1.66 bits per heavy atom. The Labute approximate surface area is 184 Å². The second-order valence-electron chi connectivity index (χ2n) is 7.33. The molecule has 160 valence electrons. The fraction of sp³-hybridized carbons (Fsp3) is 0.120. The van der Waals surface area contributed by atoms with Crippen molar-refractivity contribution in [2.24, 2.45) is 0 Å². The highest BCUT2D eigenvalue weighted by atomic mass is 16.7. The SMILES string of the molecule is COc1ccccc1C1=C(Nc2ccc3c(c2)OCO3)C(=O)N(Cc2ccccc2)C1=O. The minimum absolute atomic E-state index is 0.149. The molecule has 0 bridgehead atoms. The maximum absolute atomic E-state index is 13.5. The highest BCUT2D eigenvalue weighted by Gasteiger charge is 2.40. The van der Waals surface area contributed by atoms with Crippen LogP contribution >= 0.6 is 0 Å². The molecule has 2 aliphatic rings. The molecule has 0 aliphatic carbocycles. The van der Waals surface area contributed by atoms with E-state index < -0.39 is 5.91 Å². The highest BCUT2D eigenvalue weighted by molar-refractivity contribution is 6.36. The molecule has 32 heavy (non-hydrogen) atoms. The quantitative estimate of drug-likeness (QED) is 0.602. The summed E-state index contributed by atoms with van der Waals surface area (Å²) in [5.41, 5.74) is 2.47. The molecule has 2 heterocycles. The summed E-state index contributed by atoms with van der Waals surface area (Å²) in [6.45, 7) is 0.319. The lowest BCUT2D eigenvalue weighted by atomic mass is 10.0. The number of hydrogen-bond donors (Lipinski definition) is 1. The molecule has 7 heteroatoms. The minimum atomic E-state index is -0.405. The standard InChI is InChI=1S/C25H20N2O5/c1-30-19-10-6-5-9-18(19)22-23(26-17-11-12-20-21(13-17)32-15-31-20)25(29)27(24(22)28)14-16-7-3-2-4-8-16/h2-13,26H,14-15H2,1H3. The van der Waals surface area contributed by atoms with Crippen molar-refractivity contribution >= 4 is 23.1 Å². The van der Waals surface area contributed by atoms with Gasteiger partial charge in [-0.05, 0) is 23.8 Å². The first-order valence-electron chi connectivity index (χ1n) is 10.1. The Morgan fingerprint density at radius 3 is 2.47 bits per heavy atom. The predicted octanol–water partition coefficient (Wildman–Crippen LogP) is 3.82. The van der Waals surface area contributed by atoms with E-state index in [0.717, 1.165) is 5.56 Å². The van der Waals surface area contributed by atoms with Crippen LogP contribution < -0.4 is 19.5 Å². The number of hydrogen-bond acceptors (Lipinski definition) is 6. The molecular weight excluding hydrogens is 408 g/mol. The molecule has 3 aromatic rings. The van der Waals surface area contributed by atoms with Crippen LogP contribution in [0.3, 0.4) is 0 Å². The third-order valence-corrected chi connectivity index (χ3v) is 5.37. The number of anilines is 1. The Kier molecular flexibility index (Phi) is 4.99. The molecule has 7 nitrogen and oxygen atoms in total. The first-order valence-corrected chi connectivity index (χ1v) is 10.1. The molecule has 0 saturated carbocycles. The fourth-order valence-electron chi connectivity index (χ4n) is 3.82. The van der Waals surface area contributed by atoms with Gasteiger partial charge in [0.15, 0.2) is 11.5 Å². The zero-order valence-corrected chi connectivity index (χ0v) is 17.3. The van der Waals surface area contributed by atoms with E-state index >= 15 is 0 Å². The molecule has 0 radical (unpaired) electrons. The first-order chi connectivity index (χ1) is 15.7. The predicted molar refractivity (Wildman–Crippen MR) is 118 cm³/mol. The Bertz CT molecular complexity index is 1240. The zero-order valence-electron chi connectivity index (χ0n) is 17.3. The van der Waals surface area contributed by atoms with Crippen LogP contribution in [0.15, 0.2) is 78.5 Å². The van der Waals surface area contributed by atoms with E-state index in [4.69, 9.17) is 14.2 Å². The molecule has 0 atom stereocenters. The molecule has 2 aliphatic heterocycles. The van der Waals surface area contributed by atoms with Crippen molar-refractivity contribution in [2.45, 2.75) is 6.54 Å². The maximum atomic E-state index is 13.5. The lowest BCUT2D eigenvalue weighted by Crippen LogP contribution is -2.32. The van der Waals surface area contributed by atoms with Crippen LogP contribution in [0, 0.1) is 0 Å². The number of nitrogens with zero attached hydrogens (tertiary/aromatic N) is 1. The fourth-order valence-corrected chi connectivity index (χ4v) is 3.82. The molecule has 3 aromatic carbocycles. The van der Waals surface area contributed by atoms with Gasteiger partial charge in [0.1, 0.15) is 11.4 Å². The molecule has 0 saturated heterocycles. The number of methoxy groups -OCH3 is 1. The third kappa shape index (κ3) is 3.43. The minimum Gasteiger partial charge on any atom is -0.496 e. The van der Waals surface area contributed by atoms with Crippen molar-refractivity contribution in [2.75, 3.05) is 19.2 Å². The van der Waals surface area contributed by atoms with Gasteiger partial charge in [-0.3, -0.25) is 14.5 Å². The second kappa shape index (κ2) is 8.11. The summed E-state index contributed by atoms with van der Waals surface area (Å²) in [6, 6.07) is 21.8. The number of benzene rings is 3. The molecule has 2 amide bonds. The normalized spacial score (nSPS) is 14.8. The van der Waals surface area contributed by atoms with E-state index in [-0.39, 0.29) is 30.5 Å². The second-order valence-corrected chi connectivity index (χ2v) is 7.33. The van der Waals surface area contributed by atoms with Crippen LogP contribution in [0.1, 0.15) is 11.1 Å². The van der Waals surface area contributed by atoms with Crippen LogP contribution in [0.5, 0.6) is 17.2 Å². The summed E-state index contributed by atoms with van der Waals surface area (Å²) < 4.78 is 16.3.